The molecule has 2 aromatic rings. The summed E-state index contributed by atoms with van der Waals surface area (Å²) in [5.74, 6) is -0.316. The summed E-state index contributed by atoms with van der Waals surface area (Å²) in [4.78, 5) is 14.8. The van der Waals surface area contributed by atoms with E-state index in [4.69, 9.17) is 11.6 Å². The molecule has 1 heterocycles. The Bertz CT molecular complexity index is 751. The van der Waals surface area contributed by atoms with Gasteiger partial charge in [-0.3, -0.25) is 4.79 Å². The van der Waals surface area contributed by atoms with Gasteiger partial charge >= 0.3 is 0 Å². The number of hydrogen-bond donors (Lipinski definition) is 3. The van der Waals surface area contributed by atoms with E-state index in [1.165, 1.54) is 16.5 Å². The minimum absolute atomic E-state index is 0.00548. The lowest BCUT2D eigenvalue weighted by Gasteiger charge is -2.17. The van der Waals surface area contributed by atoms with E-state index in [-0.39, 0.29) is 17.8 Å². The second-order valence-electron chi connectivity index (χ2n) is 7.43. The second-order valence-corrected chi connectivity index (χ2v) is 7.84. The van der Waals surface area contributed by atoms with Crippen molar-refractivity contribution in [2.75, 3.05) is 26.7 Å². The van der Waals surface area contributed by atoms with Crippen molar-refractivity contribution in [1.82, 2.24) is 5.32 Å². The third-order valence-electron chi connectivity index (χ3n) is 5.05. The van der Waals surface area contributed by atoms with Gasteiger partial charge < -0.3 is 15.1 Å². The molecule has 6 heteroatoms. The SMILES string of the molecule is C[NH+](CC(=O)N[C@H]1CC[NH+](Cc2ccccc2)C1)Cc1c(F)cccc1Cl. The average Bonchev–Trinajstić information content (AvgIpc) is 3.05. The van der Waals surface area contributed by atoms with E-state index in [0.717, 1.165) is 31.0 Å². The number of carbonyl (C=O) groups excluding carboxylic acids is 1. The summed E-state index contributed by atoms with van der Waals surface area (Å²) in [6, 6.07) is 15.3. The van der Waals surface area contributed by atoms with Crippen LogP contribution in [0.15, 0.2) is 48.5 Å². The van der Waals surface area contributed by atoms with Crippen LogP contribution in [-0.4, -0.2) is 38.6 Å². The Morgan fingerprint density at radius 2 is 2.04 bits per heavy atom. The number of halogens is 2. The van der Waals surface area contributed by atoms with Crippen LogP contribution in [0.25, 0.3) is 0 Å². The highest BCUT2D eigenvalue weighted by atomic mass is 35.5. The van der Waals surface area contributed by atoms with Gasteiger partial charge in [0.15, 0.2) is 6.54 Å². The fraction of sp³-hybridized carbons (Fsp3) is 0.381. The Hall–Kier alpha value is -1.95. The number of benzene rings is 2. The van der Waals surface area contributed by atoms with Crippen LogP contribution in [0.2, 0.25) is 5.02 Å². The Balaban J connectivity index is 1.44. The third kappa shape index (κ3) is 5.76. The highest BCUT2D eigenvalue weighted by molar-refractivity contribution is 6.31. The van der Waals surface area contributed by atoms with E-state index in [2.05, 4.69) is 29.6 Å². The number of likely N-dealkylation sites (tertiary alicyclic amines) is 1. The van der Waals surface area contributed by atoms with Gasteiger partial charge in [0.2, 0.25) is 0 Å². The Labute approximate surface area is 164 Å². The van der Waals surface area contributed by atoms with Gasteiger partial charge in [-0.2, -0.15) is 0 Å². The molecule has 144 valence electrons. The van der Waals surface area contributed by atoms with Crippen LogP contribution in [0.3, 0.4) is 0 Å². The minimum atomic E-state index is -0.321. The third-order valence-corrected chi connectivity index (χ3v) is 5.40. The molecule has 1 fully saturated rings. The van der Waals surface area contributed by atoms with Crippen LogP contribution in [0, 0.1) is 5.82 Å². The predicted molar refractivity (Wildman–Crippen MR) is 104 cm³/mol. The predicted octanol–water partition coefficient (Wildman–Crippen LogP) is 0.467. The highest BCUT2D eigenvalue weighted by Gasteiger charge is 2.28. The van der Waals surface area contributed by atoms with E-state index in [0.29, 0.717) is 23.7 Å². The van der Waals surface area contributed by atoms with Crippen LogP contribution in [0.1, 0.15) is 17.5 Å². The Morgan fingerprint density at radius 3 is 2.78 bits per heavy atom. The molecule has 0 aliphatic carbocycles. The molecule has 3 N–H and O–H groups in total. The van der Waals surface area contributed by atoms with E-state index < -0.39 is 0 Å². The number of hydrogen-bond acceptors (Lipinski definition) is 1. The number of quaternary nitrogens is 2. The van der Waals surface area contributed by atoms with Gasteiger partial charge in [-0.15, -0.1) is 0 Å². The molecular weight excluding hydrogens is 365 g/mol. The molecule has 0 radical (unpaired) electrons. The maximum absolute atomic E-state index is 13.9. The molecule has 1 amide bonds. The Kier molecular flexibility index (Phi) is 6.83. The van der Waals surface area contributed by atoms with Crippen molar-refractivity contribution in [2.45, 2.75) is 25.6 Å². The van der Waals surface area contributed by atoms with Gasteiger partial charge in [-0.1, -0.05) is 48.0 Å². The standard InChI is InChI=1S/C21H25ClFN3O/c1-25(14-18-19(22)8-5-9-20(18)23)15-21(27)24-17-10-11-26(13-17)12-16-6-3-2-4-7-16/h2-9,17H,10-15H2,1H3,(H,24,27)/p+2/t17-/m0/s1. The zero-order valence-corrected chi connectivity index (χ0v) is 16.4. The number of carbonyl (C=O) groups is 1. The lowest BCUT2D eigenvalue weighted by molar-refractivity contribution is -0.901. The average molecular weight is 392 g/mol. The second kappa shape index (κ2) is 9.31. The first-order valence-electron chi connectivity index (χ1n) is 9.42. The molecule has 1 aliphatic heterocycles. The van der Waals surface area contributed by atoms with Crippen molar-refractivity contribution < 1.29 is 19.0 Å². The number of nitrogens with one attached hydrogen (secondary N) is 3. The quantitative estimate of drug-likeness (QED) is 0.630. The van der Waals surface area contributed by atoms with E-state index in [9.17, 15) is 9.18 Å². The maximum Gasteiger partial charge on any atom is 0.275 e. The van der Waals surface area contributed by atoms with Crippen LogP contribution in [0.4, 0.5) is 4.39 Å². The fourth-order valence-corrected chi connectivity index (χ4v) is 3.95. The zero-order valence-electron chi connectivity index (χ0n) is 15.6. The normalized spacial score (nSPS) is 20.4. The van der Waals surface area contributed by atoms with Crippen LogP contribution >= 0.6 is 11.6 Å². The van der Waals surface area contributed by atoms with Gasteiger partial charge in [-0.05, 0) is 12.1 Å². The lowest BCUT2D eigenvalue weighted by atomic mass is 10.2. The minimum Gasteiger partial charge on any atom is -0.343 e. The maximum atomic E-state index is 13.9. The molecule has 0 spiro atoms. The van der Waals surface area contributed by atoms with Crippen molar-refractivity contribution in [1.29, 1.82) is 0 Å². The van der Waals surface area contributed by atoms with Crippen molar-refractivity contribution in [3.05, 3.63) is 70.5 Å². The summed E-state index contributed by atoms with van der Waals surface area (Å²) in [7, 11) is 1.88. The number of likely N-dealkylation sites (N-methyl/N-ethyl adjacent to an activating group) is 1. The van der Waals surface area contributed by atoms with Crippen LogP contribution in [-0.2, 0) is 17.9 Å². The summed E-state index contributed by atoms with van der Waals surface area (Å²) >= 11 is 6.07. The molecule has 1 saturated heterocycles. The van der Waals surface area contributed by atoms with Crippen molar-refractivity contribution in [2.24, 2.45) is 0 Å². The highest BCUT2D eigenvalue weighted by Crippen LogP contribution is 2.17. The molecule has 4 nitrogen and oxygen atoms in total. The van der Waals surface area contributed by atoms with Gasteiger partial charge in [0.05, 0.1) is 36.8 Å². The van der Waals surface area contributed by atoms with Crippen molar-refractivity contribution in [3.63, 3.8) is 0 Å². The molecule has 3 rings (SSSR count). The van der Waals surface area contributed by atoms with E-state index in [1.807, 2.05) is 13.1 Å². The van der Waals surface area contributed by atoms with Crippen LogP contribution in [0.5, 0.6) is 0 Å². The zero-order chi connectivity index (χ0) is 19.2. The number of amides is 1. The Morgan fingerprint density at radius 1 is 1.26 bits per heavy atom. The van der Waals surface area contributed by atoms with Gasteiger partial charge in [-0.25, -0.2) is 4.39 Å². The van der Waals surface area contributed by atoms with E-state index in [1.54, 1.807) is 12.1 Å². The molecular formula is C21H27ClFN3O+2. The molecule has 0 aromatic heterocycles. The summed E-state index contributed by atoms with van der Waals surface area (Å²) < 4.78 is 13.9. The van der Waals surface area contributed by atoms with E-state index >= 15 is 0 Å². The molecule has 27 heavy (non-hydrogen) atoms. The van der Waals surface area contributed by atoms with Gasteiger partial charge in [0, 0.05) is 12.0 Å². The summed E-state index contributed by atoms with van der Waals surface area (Å²) in [6.07, 6.45) is 0.992. The summed E-state index contributed by atoms with van der Waals surface area (Å²) in [6.45, 7) is 3.68. The van der Waals surface area contributed by atoms with Crippen molar-refractivity contribution >= 4 is 17.5 Å². The smallest absolute Gasteiger partial charge is 0.275 e. The fourth-order valence-electron chi connectivity index (χ4n) is 3.72. The molecule has 3 atom stereocenters. The first-order chi connectivity index (χ1) is 13.0. The first-order valence-corrected chi connectivity index (χ1v) is 9.80. The molecule has 0 bridgehead atoms. The van der Waals surface area contributed by atoms with Gasteiger partial charge in [0.25, 0.3) is 5.91 Å². The molecule has 2 unspecified atom stereocenters. The molecule has 0 saturated carbocycles. The van der Waals surface area contributed by atoms with Crippen LogP contribution < -0.4 is 15.1 Å². The van der Waals surface area contributed by atoms with Crippen molar-refractivity contribution in [3.8, 4) is 0 Å². The lowest BCUT2D eigenvalue weighted by Crippen LogP contribution is -3.09. The monoisotopic (exact) mass is 391 g/mol. The summed E-state index contributed by atoms with van der Waals surface area (Å²) in [5, 5.41) is 3.54. The summed E-state index contributed by atoms with van der Waals surface area (Å²) in [5.41, 5.74) is 1.79. The first kappa shape index (κ1) is 19.8. The largest absolute Gasteiger partial charge is 0.343 e. The van der Waals surface area contributed by atoms with Gasteiger partial charge in [0.1, 0.15) is 18.9 Å². The molecule has 1 aliphatic rings. The topological polar surface area (TPSA) is 38.0 Å². The molecule has 2 aromatic carbocycles. The number of rotatable bonds is 7.